The van der Waals surface area contributed by atoms with Crippen molar-refractivity contribution >= 4 is 111 Å². The number of hydrogen-bond acceptors (Lipinski definition) is 5. The summed E-state index contributed by atoms with van der Waals surface area (Å²) < 4.78 is 38.8. The Balaban J connectivity index is 1.15. The fraction of sp³-hybridized carbons (Fsp3) is 0. The van der Waals surface area contributed by atoms with Crippen LogP contribution >= 0.6 is 0 Å². The number of nitrogens with zero attached hydrogens (tertiary/aromatic N) is 1. The van der Waals surface area contributed by atoms with Crippen LogP contribution in [-0.4, -0.2) is 11.3 Å². The Hall–Kier alpha value is -8.94. The molecule has 0 fully saturated rings. The van der Waals surface area contributed by atoms with Gasteiger partial charge in [-0.25, -0.2) is 0 Å². The zero-order valence-corrected chi connectivity index (χ0v) is 35.5. The Labute approximate surface area is 381 Å². The summed E-state index contributed by atoms with van der Waals surface area (Å²) in [6, 6.07) is 67.7. The lowest BCUT2D eigenvalue weighted by Crippen LogP contribution is -2.58. The predicted octanol–water partition coefficient (Wildman–Crippen LogP) is 14.5. The molecule has 6 heterocycles. The molecule has 67 heavy (non-hydrogen) atoms. The fourth-order valence-corrected chi connectivity index (χ4v) is 11.6. The molecule has 10 aromatic carbocycles. The second kappa shape index (κ2) is 12.9. The molecule has 0 unspecified atom stereocenters. The van der Waals surface area contributed by atoms with Crippen LogP contribution in [0.1, 0.15) is 0 Å². The highest BCUT2D eigenvalue weighted by molar-refractivity contribution is 7.01. The van der Waals surface area contributed by atoms with E-state index < -0.39 is 6.71 Å². The molecule has 0 radical (unpaired) electrons. The number of fused-ring (bicyclic) bond motifs is 22. The van der Waals surface area contributed by atoms with Gasteiger partial charge in [-0.2, -0.15) is 0 Å². The number of ether oxygens (including phenoxy) is 2. The number of furan rings is 3. The Bertz CT molecular complexity index is 4460. The second-order valence-electron chi connectivity index (χ2n) is 17.7. The summed E-state index contributed by atoms with van der Waals surface area (Å²) in [5.74, 6) is 2.74. The van der Waals surface area contributed by atoms with Gasteiger partial charge < -0.3 is 27.3 Å². The molecule has 0 saturated heterocycles. The predicted molar refractivity (Wildman–Crippen MR) is 271 cm³/mol. The van der Waals surface area contributed by atoms with Crippen molar-refractivity contribution in [2.75, 3.05) is 0 Å². The first-order valence-corrected chi connectivity index (χ1v) is 22.7. The smallest absolute Gasteiger partial charge is 0.270 e. The monoisotopic (exact) mass is 857 g/mol. The molecule has 16 rings (SSSR count). The lowest BCUT2D eigenvalue weighted by atomic mass is 9.34. The first-order chi connectivity index (χ1) is 33.3. The third-order valence-electron chi connectivity index (χ3n) is 14.3. The summed E-state index contributed by atoms with van der Waals surface area (Å²) in [7, 11) is 0. The molecule has 0 spiro atoms. The quantitative estimate of drug-likeness (QED) is 0.166. The fourth-order valence-electron chi connectivity index (χ4n) is 11.6. The maximum Gasteiger partial charge on any atom is 0.270 e. The van der Waals surface area contributed by atoms with Crippen molar-refractivity contribution < 1.29 is 22.7 Å². The lowest BCUT2D eigenvalue weighted by Gasteiger charge is -2.34. The Morgan fingerprint density at radius 3 is 1.49 bits per heavy atom. The number of para-hydroxylation sites is 5. The van der Waals surface area contributed by atoms with Crippen LogP contribution in [0.3, 0.4) is 0 Å². The molecule has 0 N–H and O–H groups in total. The summed E-state index contributed by atoms with van der Waals surface area (Å²) in [6.45, 7) is -0.480. The van der Waals surface area contributed by atoms with Crippen LogP contribution in [0.25, 0.3) is 116 Å². The van der Waals surface area contributed by atoms with Crippen LogP contribution in [0.15, 0.2) is 207 Å². The standard InChI is InChI=1S/C60H32BNO5/c1-3-17-33(18-4-1)35-31-46-52-47(32-35)67-60-54(57-50(39-24-10-15-29-44(39)64-57)51-40-25-11-16-30-45(40)65-58(51)60)61(52)53-56-49(38-23-9-14-28-43(38)63-56)48-37-22-8-13-27-42(37)62(55(48)59(53)66-46)41-26-12-7-21-36(41)34-19-5-2-6-20-34/h1-32H. The average Bonchev–Trinajstić information content (AvgIpc) is 4.16. The van der Waals surface area contributed by atoms with E-state index in [-0.39, 0.29) is 0 Å². The van der Waals surface area contributed by atoms with Gasteiger partial charge in [-0.15, -0.1) is 0 Å². The maximum atomic E-state index is 7.65. The SMILES string of the molecule is c1ccc(-c2cc3c4c(c2)Oc2c(c5oc6ccccc6c5c5c6ccccc6n(-c6ccccc6-c6ccccc6)c25)B4c2c(c4oc5ccccc5c4c4c2oc2ccccc24)O3)cc1. The van der Waals surface area contributed by atoms with Gasteiger partial charge >= 0.3 is 0 Å². The third kappa shape index (κ3) is 4.59. The minimum Gasteiger partial charge on any atom is -0.456 e. The van der Waals surface area contributed by atoms with Crippen LogP contribution < -0.4 is 25.9 Å². The molecule has 6 nitrogen and oxygen atoms in total. The first-order valence-electron chi connectivity index (χ1n) is 22.7. The summed E-state index contributed by atoms with van der Waals surface area (Å²) in [5.41, 5.74) is 14.5. The molecule has 0 bridgehead atoms. The van der Waals surface area contributed by atoms with Crippen molar-refractivity contribution in [2.24, 2.45) is 0 Å². The number of hydrogen-bond donors (Lipinski definition) is 0. The van der Waals surface area contributed by atoms with Crippen molar-refractivity contribution in [1.82, 2.24) is 4.57 Å². The Kier molecular flexibility index (Phi) is 6.80. The van der Waals surface area contributed by atoms with Gasteiger partial charge in [0.05, 0.1) is 16.7 Å². The van der Waals surface area contributed by atoms with E-state index in [2.05, 4.69) is 162 Å². The normalized spacial score (nSPS) is 13.0. The average molecular weight is 858 g/mol. The van der Waals surface area contributed by atoms with E-state index in [4.69, 9.17) is 22.7 Å². The van der Waals surface area contributed by atoms with Gasteiger partial charge in [-0.3, -0.25) is 0 Å². The molecule has 2 aliphatic heterocycles. The van der Waals surface area contributed by atoms with Crippen LogP contribution in [0.2, 0.25) is 0 Å². The largest absolute Gasteiger partial charge is 0.456 e. The van der Waals surface area contributed by atoms with E-state index in [1.165, 1.54) is 0 Å². The van der Waals surface area contributed by atoms with E-state index >= 15 is 0 Å². The highest BCUT2D eigenvalue weighted by Gasteiger charge is 2.48. The van der Waals surface area contributed by atoms with Gasteiger partial charge in [0.15, 0.2) is 17.1 Å². The van der Waals surface area contributed by atoms with E-state index in [1.54, 1.807) is 0 Å². The Morgan fingerprint density at radius 2 is 0.836 bits per heavy atom. The summed E-state index contributed by atoms with van der Waals surface area (Å²) in [6.07, 6.45) is 0. The molecule has 310 valence electrons. The van der Waals surface area contributed by atoms with Crippen LogP contribution in [0, 0.1) is 0 Å². The zero-order chi connectivity index (χ0) is 43.5. The van der Waals surface area contributed by atoms with E-state index in [0.717, 1.165) is 132 Å². The molecule has 0 saturated carbocycles. The molecule has 7 heteroatoms. The van der Waals surface area contributed by atoms with Gasteiger partial charge in [0.25, 0.3) is 6.71 Å². The van der Waals surface area contributed by atoms with Crippen molar-refractivity contribution in [3.8, 4) is 50.9 Å². The topological polar surface area (TPSA) is 62.8 Å². The summed E-state index contributed by atoms with van der Waals surface area (Å²) in [5, 5.41) is 8.19. The molecule has 0 aliphatic carbocycles. The second-order valence-corrected chi connectivity index (χ2v) is 17.7. The molecule has 2 aliphatic rings. The number of aromatic nitrogens is 1. The first kappa shape index (κ1) is 35.4. The number of rotatable bonds is 3. The molecular formula is C60H32BNO5. The van der Waals surface area contributed by atoms with Crippen LogP contribution in [-0.2, 0) is 0 Å². The van der Waals surface area contributed by atoms with Gasteiger partial charge in [0.1, 0.15) is 39.4 Å². The molecule has 4 aromatic heterocycles. The van der Waals surface area contributed by atoms with Crippen molar-refractivity contribution in [1.29, 1.82) is 0 Å². The summed E-state index contributed by atoms with van der Waals surface area (Å²) >= 11 is 0. The summed E-state index contributed by atoms with van der Waals surface area (Å²) in [4.78, 5) is 0. The van der Waals surface area contributed by atoms with E-state index in [0.29, 0.717) is 22.8 Å². The van der Waals surface area contributed by atoms with Gasteiger partial charge in [0, 0.05) is 65.0 Å². The molecule has 14 aromatic rings. The van der Waals surface area contributed by atoms with Crippen LogP contribution in [0.5, 0.6) is 23.0 Å². The van der Waals surface area contributed by atoms with Crippen molar-refractivity contribution in [3.63, 3.8) is 0 Å². The Morgan fingerprint density at radius 1 is 0.358 bits per heavy atom. The van der Waals surface area contributed by atoms with Gasteiger partial charge in [-0.1, -0.05) is 152 Å². The molecule has 0 atom stereocenters. The maximum absolute atomic E-state index is 7.65. The van der Waals surface area contributed by atoms with E-state index in [9.17, 15) is 0 Å². The third-order valence-corrected chi connectivity index (χ3v) is 14.3. The molecule has 0 amide bonds. The minimum atomic E-state index is -0.480. The van der Waals surface area contributed by atoms with Crippen molar-refractivity contribution in [3.05, 3.63) is 194 Å². The van der Waals surface area contributed by atoms with Gasteiger partial charge in [0.2, 0.25) is 0 Å². The van der Waals surface area contributed by atoms with E-state index in [1.807, 2.05) is 36.4 Å². The minimum absolute atomic E-state index is 0.480. The van der Waals surface area contributed by atoms with Crippen molar-refractivity contribution in [2.45, 2.75) is 0 Å². The highest BCUT2D eigenvalue weighted by Crippen LogP contribution is 2.52. The number of benzene rings is 10. The van der Waals surface area contributed by atoms with Gasteiger partial charge in [-0.05, 0) is 59.2 Å². The highest BCUT2D eigenvalue weighted by atomic mass is 16.5. The zero-order valence-electron chi connectivity index (χ0n) is 35.5. The lowest BCUT2D eigenvalue weighted by molar-refractivity contribution is 0.463. The van der Waals surface area contributed by atoms with Crippen LogP contribution in [0.4, 0.5) is 0 Å². The molecular weight excluding hydrogens is 825 g/mol.